The van der Waals surface area contributed by atoms with Gasteiger partial charge in [-0.2, -0.15) is 0 Å². The van der Waals surface area contributed by atoms with E-state index in [1.54, 1.807) is 0 Å². The maximum absolute atomic E-state index is 3.64. The van der Waals surface area contributed by atoms with Crippen LogP contribution < -0.4 is 4.90 Å². The van der Waals surface area contributed by atoms with E-state index < -0.39 is 0 Å². The van der Waals surface area contributed by atoms with Gasteiger partial charge in [0.05, 0.1) is 0 Å². The molecule has 19 heavy (non-hydrogen) atoms. The Labute approximate surface area is 126 Å². The van der Waals surface area contributed by atoms with E-state index in [-0.39, 0.29) is 0 Å². The Morgan fingerprint density at radius 1 is 1.26 bits per heavy atom. The van der Waals surface area contributed by atoms with E-state index in [1.165, 1.54) is 62.0 Å². The predicted octanol–water partition coefficient (Wildman–Crippen LogP) is 5.30. The summed E-state index contributed by atoms with van der Waals surface area (Å²) in [4.78, 5) is 2.60. The summed E-state index contributed by atoms with van der Waals surface area (Å²) in [5.41, 5.74) is 4.24. The third-order valence-electron chi connectivity index (χ3n) is 4.26. The molecule has 106 valence electrons. The lowest BCUT2D eigenvalue weighted by molar-refractivity contribution is 0.435. The second-order valence-corrected chi connectivity index (χ2v) is 6.40. The Morgan fingerprint density at radius 3 is 2.84 bits per heavy atom. The highest BCUT2D eigenvalue weighted by Crippen LogP contribution is 2.29. The molecular weight excluding hydrogens is 298 g/mol. The van der Waals surface area contributed by atoms with Crippen molar-refractivity contribution >= 4 is 21.6 Å². The normalized spacial score (nSPS) is 20.4. The van der Waals surface area contributed by atoms with Gasteiger partial charge in [-0.3, -0.25) is 0 Å². The summed E-state index contributed by atoms with van der Waals surface area (Å²) in [5.74, 6) is 0.952. The molecule has 1 saturated heterocycles. The van der Waals surface area contributed by atoms with Gasteiger partial charge >= 0.3 is 0 Å². The first-order valence-corrected chi connectivity index (χ1v) is 8.77. The molecule has 1 fully saturated rings. The van der Waals surface area contributed by atoms with Gasteiger partial charge in [0.1, 0.15) is 0 Å². The van der Waals surface area contributed by atoms with E-state index in [1.807, 2.05) is 0 Å². The molecule has 1 nitrogen and oxygen atoms in total. The first kappa shape index (κ1) is 14.9. The summed E-state index contributed by atoms with van der Waals surface area (Å²) in [6.07, 6.45) is 6.87. The zero-order chi connectivity index (χ0) is 13.7. The molecule has 1 unspecified atom stereocenters. The van der Waals surface area contributed by atoms with Gasteiger partial charge in [0.25, 0.3) is 0 Å². The van der Waals surface area contributed by atoms with Gasteiger partial charge in [-0.05, 0) is 43.7 Å². The maximum Gasteiger partial charge on any atom is 0.0407 e. The Balaban J connectivity index is 2.09. The molecule has 1 aliphatic heterocycles. The fourth-order valence-corrected chi connectivity index (χ4v) is 3.68. The minimum absolute atomic E-state index is 0.952. The number of hydrogen-bond donors (Lipinski definition) is 0. The third kappa shape index (κ3) is 3.98. The molecule has 1 aliphatic rings. The van der Waals surface area contributed by atoms with Crippen LogP contribution in [0.25, 0.3) is 0 Å². The minimum Gasteiger partial charge on any atom is -0.371 e. The highest BCUT2D eigenvalue weighted by atomic mass is 79.9. The van der Waals surface area contributed by atoms with Gasteiger partial charge in [0.2, 0.25) is 0 Å². The predicted molar refractivity (Wildman–Crippen MR) is 88.3 cm³/mol. The molecule has 0 N–H and O–H groups in total. The molecule has 0 saturated carbocycles. The quantitative estimate of drug-likeness (QED) is 0.680. The highest BCUT2D eigenvalue weighted by molar-refractivity contribution is 9.08. The Bertz CT molecular complexity index is 402. The van der Waals surface area contributed by atoms with Crippen molar-refractivity contribution in [3.8, 4) is 0 Å². The van der Waals surface area contributed by atoms with Crippen LogP contribution in [0.2, 0.25) is 0 Å². The fraction of sp³-hybridized carbons (Fsp3) is 0.647. The molecule has 1 aromatic carbocycles. The average Bonchev–Trinajstić information content (AvgIpc) is 2.65. The topological polar surface area (TPSA) is 3.24 Å². The van der Waals surface area contributed by atoms with Crippen molar-refractivity contribution in [1.82, 2.24) is 0 Å². The summed E-state index contributed by atoms with van der Waals surface area (Å²) in [6.45, 7) is 6.94. The number of rotatable bonds is 4. The molecule has 0 aliphatic carbocycles. The van der Waals surface area contributed by atoms with E-state index in [2.05, 4.69) is 52.9 Å². The van der Waals surface area contributed by atoms with Crippen molar-refractivity contribution in [2.24, 2.45) is 5.92 Å². The summed E-state index contributed by atoms with van der Waals surface area (Å²) in [7, 11) is 0. The molecule has 0 aromatic heterocycles. The number of nitrogens with zero attached hydrogens (tertiary/aromatic N) is 1. The summed E-state index contributed by atoms with van der Waals surface area (Å²) in [6, 6.07) is 6.88. The molecular formula is C17H26BrN. The molecule has 2 rings (SSSR count). The van der Waals surface area contributed by atoms with Crippen molar-refractivity contribution in [1.29, 1.82) is 0 Å². The van der Waals surface area contributed by atoms with Gasteiger partial charge in [0.15, 0.2) is 0 Å². The molecule has 0 radical (unpaired) electrons. The molecule has 0 amide bonds. The van der Waals surface area contributed by atoms with Crippen molar-refractivity contribution in [3.05, 3.63) is 29.3 Å². The van der Waals surface area contributed by atoms with Crippen LogP contribution in [0.1, 0.15) is 50.2 Å². The van der Waals surface area contributed by atoms with Crippen LogP contribution in [0.3, 0.4) is 0 Å². The van der Waals surface area contributed by atoms with E-state index in [9.17, 15) is 0 Å². The molecule has 1 atom stereocenters. The van der Waals surface area contributed by atoms with Crippen LogP contribution >= 0.6 is 15.9 Å². The van der Waals surface area contributed by atoms with Crippen LogP contribution in [0.15, 0.2) is 18.2 Å². The van der Waals surface area contributed by atoms with Crippen LogP contribution in [0.5, 0.6) is 0 Å². The lowest BCUT2D eigenvalue weighted by Gasteiger charge is -2.25. The van der Waals surface area contributed by atoms with Crippen LogP contribution in [0.4, 0.5) is 5.69 Å². The summed E-state index contributed by atoms with van der Waals surface area (Å²) in [5, 5.41) is 0.957. The molecule has 1 heterocycles. The second-order valence-electron chi connectivity index (χ2n) is 5.84. The maximum atomic E-state index is 3.64. The van der Waals surface area contributed by atoms with Gasteiger partial charge < -0.3 is 4.90 Å². The Kier molecular flexibility index (Phi) is 5.75. The highest BCUT2D eigenvalue weighted by Gasteiger charge is 2.18. The lowest BCUT2D eigenvalue weighted by Crippen LogP contribution is -2.25. The Hall–Kier alpha value is -0.500. The smallest absolute Gasteiger partial charge is 0.0407 e. The van der Waals surface area contributed by atoms with E-state index in [0.717, 1.165) is 11.2 Å². The van der Waals surface area contributed by atoms with Gasteiger partial charge in [-0.1, -0.05) is 53.4 Å². The van der Waals surface area contributed by atoms with Crippen molar-refractivity contribution in [2.45, 2.75) is 51.3 Å². The lowest BCUT2D eigenvalue weighted by atomic mass is 9.96. The molecule has 0 spiro atoms. The van der Waals surface area contributed by atoms with E-state index in [0.29, 0.717) is 0 Å². The number of hydrogen-bond acceptors (Lipinski definition) is 1. The van der Waals surface area contributed by atoms with E-state index >= 15 is 0 Å². The average molecular weight is 324 g/mol. The fourth-order valence-electron chi connectivity index (χ4n) is 3.23. The molecule has 1 aromatic rings. The number of aryl methyl sites for hydroxylation is 1. The zero-order valence-corrected chi connectivity index (χ0v) is 13.9. The number of alkyl halides is 1. The van der Waals surface area contributed by atoms with Gasteiger partial charge in [-0.15, -0.1) is 0 Å². The monoisotopic (exact) mass is 323 g/mol. The number of halogens is 1. The summed E-state index contributed by atoms with van der Waals surface area (Å²) < 4.78 is 0. The van der Waals surface area contributed by atoms with Crippen molar-refractivity contribution in [3.63, 3.8) is 0 Å². The SMILES string of the molecule is CCCC1CCCN(c2ccc(C)cc2CBr)CC1. The summed E-state index contributed by atoms with van der Waals surface area (Å²) >= 11 is 3.64. The second kappa shape index (κ2) is 7.33. The number of benzene rings is 1. The van der Waals surface area contributed by atoms with Gasteiger partial charge in [-0.25, -0.2) is 0 Å². The third-order valence-corrected chi connectivity index (χ3v) is 4.87. The molecule has 2 heteroatoms. The standard InChI is InChI=1S/C17H26BrN/c1-3-5-15-6-4-10-19(11-9-15)17-8-7-14(2)12-16(17)13-18/h7-8,12,15H,3-6,9-11,13H2,1-2H3. The van der Waals surface area contributed by atoms with Crippen LogP contribution in [-0.2, 0) is 5.33 Å². The van der Waals surface area contributed by atoms with Crippen molar-refractivity contribution in [2.75, 3.05) is 18.0 Å². The first-order valence-electron chi connectivity index (χ1n) is 7.65. The van der Waals surface area contributed by atoms with Crippen LogP contribution in [-0.4, -0.2) is 13.1 Å². The molecule has 0 bridgehead atoms. The van der Waals surface area contributed by atoms with E-state index in [4.69, 9.17) is 0 Å². The minimum atomic E-state index is 0.952. The Morgan fingerprint density at radius 2 is 2.11 bits per heavy atom. The van der Waals surface area contributed by atoms with Crippen molar-refractivity contribution < 1.29 is 0 Å². The number of anilines is 1. The van der Waals surface area contributed by atoms with Crippen LogP contribution in [0, 0.1) is 12.8 Å². The first-order chi connectivity index (χ1) is 9.24. The van der Waals surface area contributed by atoms with Gasteiger partial charge in [0, 0.05) is 24.1 Å². The zero-order valence-electron chi connectivity index (χ0n) is 12.3. The largest absolute Gasteiger partial charge is 0.371 e.